The number of hydrogen-bond acceptors (Lipinski definition) is 3. The molecule has 7 heteroatoms. The molecule has 0 atom stereocenters. The number of nitrogens with one attached hydrogen (secondary N) is 2. The maximum Gasteiger partial charge on any atom is 0.222 e. The topological polar surface area (TPSA) is 60.0 Å². The lowest BCUT2D eigenvalue weighted by Crippen LogP contribution is -2.39. The van der Waals surface area contributed by atoms with Crippen LogP contribution in [0.1, 0.15) is 50.2 Å². The summed E-state index contributed by atoms with van der Waals surface area (Å²) in [6, 6.07) is 8.47. The van der Waals surface area contributed by atoms with E-state index >= 15 is 0 Å². The van der Waals surface area contributed by atoms with Crippen LogP contribution in [-0.2, 0) is 17.9 Å². The zero-order valence-corrected chi connectivity index (χ0v) is 20.9. The number of benzene rings is 1. The third-order valence-corrected chi connectivity index (χ3v) is 6.04. The molecular formula is C23H38IN5O. The van der Waals surface area contributed by atoms with E-state index in [2.05, 4.69) is 51.7 Å². The number of amides is 1. The van der Waals surface area contributed by atoms with Crippen molar-refractivity contribution in [2.75, 3.05) is 39.8 Å². The Balaban J connectivity index is 0.00000320. The number of nitrogens with zero attached hydrogens (tertiary/aromatic N) is 3. The summed E-state index contributed by atoms with van der Waals surface area (Å²) >= 11 is 0. The average Bonchev–Trinajstić information content (AvgIpc) is 3.13. The minimum Gasteiger partial charge on any atom is -0.356 e. The monoisotopic (exact) mass is 527 g/mol. The number of carbonyl (C=O) groups excluding carboxylic acids is 1. The number of aliphatic imine (C=N–C) groups is 1. The van der Waals surface area contributed by atoms with Crippen LogP contribution in [0.5, 0.6) is 0 Å². The van der Waals surface area contributed by atoms with E-state index in [0.29, 0.717) is 6.42 Å². The third kappa shape index (κ3) is 8.06. The minimum atomic E-state index is 0. The van der Waals surface area contributed by atoms with Crippen LogP contribution in [0.2, 0.25) is 0 Å². The number of halogens is 1. The molecule has 3 rings (SSSR count). The molecule has 2 fully saturated rings. The molecule has 0 radical (unpaired) electrons. The van der Waals surface area contributed by atoms with Gasteiger partial charge in [-0.25, -0.2) is 0 Å². The van der Waals surface area contributed by atoms with E-state index in [1.807, 2.05) is 11.9 Å². The summed E-state index contributed by atoms with van der Waals surface area (Å²) in [5, 5.41) is 6.83. The van der Waals surface area contributed by atoms with Gasteiger partial charge in [0.2, 0.25) is 5.91 Å². The van der Waals surface area contributed by atoms with Crippen molar-refractivity contribution in [3.8, 4) is 0 Å². The van der Waals surface area contributed by atoms with Crippen LogP contribution in [0.4, 0.5) is 0 Å². The van der Waals surface area contributed by atoms with Crippen molar-refractivity contribution < 1.29 is 4.79 Å². The van der Waals surface area contributed by atoms with E-state index in [1.54, 1.807) is 0 Å². The molecule has 0 bridgehead atoms. The quantitative estimate of drug-likeness (QED) is 0.236. The van der Waals surface area contributed by atoms with Crippen molar-refractivity contribution >= 4 is 35.8 Å². The largest absolute Gasteiger partial charge is 0.356 e. The van der Waals surface area contributed by atoms with Crippen LogP contribution in [0.3, 0.4) is 0 Å². The zero-order chi connectivity index (χ0) is 20.5. The van der Waals surface area contributed by atoms with Crippen LogP contribution in [0.15, 0.2) is 29.3 Å². The molecule has 2 N–H and O–H groups in total. The van der Waals surface area contributed by atoms with Crippen molar-refractivity contribution in [2.45, 2.75) is 52.1 Å². The lowest BCUT2D eigenvalue weighted by atomic mass is 9.99. The Morgan fingerprint density at radius 2 is 1.93 bits per heavy atom. The first-order valence-corrected chi connectivity index (χ1v) is 11.2. The molecule has 168 valence electrons. The number of rotatable bonds is 8. The van der Waals surface area contributed by atoms with Crippen molar-refractivity contribution in [1.82, 2.24) is 20.4 Å². The van der Waals surface area contributed by atoms with Gasteiger partial charge in [0.1, 0.15) is 0 Å². The van der Waals surface area contributed by atoms with Crippen molar-refractivity contribution in [2.24, 2.45) is 10.9 Å². The van der Waals surface area contributed by atoms with Gasteiger partial charge in [-0.1, -0.05) is 31.2 Å². The van der Waals surface area contributed by atoms with Crippen LogP contribution in [0, 0.1) is 5.92 Å². The van der Waals surface area contributed by atoms with E-state index in [1.165, 1.54) is 37.1 Å². The highest BCUT2D eigenvalue weighted by molar-refractivity contribution is 14.0. The first-order valence-electron chi connectivity index (χ1n) is 11.2. The van der Waals surface area contributed by atoms with E-state index in [-0.39, 0.29) is 29.9 Å². The first-order chi connectivity index (χ1) is 14.1. The minimum absolute atomic E-state index is 0. The fourth-order valence-corrected chi connectivity index (χ4v) is 4.13. The van der Waals surface area contributed by atoms with Gasteiger partial charge in [0, 0.05) is 39.6 Å². The fourth-order valence-electron chi connectivity index (χ4n) is 4.13. The Bertz CT molecular complexity index is 688. The smallest absolute Gasteiger partial charge is 0.222 e. The second kappa shape index (κ2) is 13.1. The lowest BCUT2D eigenvalue weighted by Gasteiger charge is -2.30. The Kier molecular flexibility index (Phi) is 10.9. The predicted molar refractivity (Wildman–Crippen MR) is 134 cm³/mol. The van der Waals surface area contributed by atoms with Crippen molar-refractivity contribution in [3.05, 3.63) is 35.4 Å². The van der Waals surface area contributed by atoms with Gasteiger partial charge in [-0.05, 0) is 62.4 Å². The first kappa shape index (κ1) is 24.9. The van der Waals surface area contributed by atoms with Crippen LogP contribution >= 0.6 is 24.0 Å². The van der Waals surface area contributed by atoms with Gasteiger partial charge < -0.3 is 20.4 Å². The van der Waals surface area contributed by atoms with E-state index in [0.717, 1.165) is 57.4 Å². The summed E-state index contributed by atoms with van der Waals surface area (Å²) in [6.07, 6.45) is 5.48. The summed E-state index contributed by atoms with van der Waals surface area (Å²) in [5.41, 5.74) is 2.40. The van der Waals surface area contributed by atoms with Crippen molar-refractivity contribution in [3.63, 3.8) is 0 Å². The van der Waals surface area contributed by atoms with Gasteiger partial charge in [-0.15, -0.1) is 24.0 Å². The third-order valence-electron chi connectivity index (χ3n) is 6.04. The van der Waals surface area contributed by atoms with Crippen LogP contribution in [0.25, 0.3) is 0 Å². The summed E-state index contributed by atoms with van der Waals surface area (Å²) in [6.45, 7) is 9.27. The fraction of sp³-hybridized carbons (Fsp3) is 0.652. The molecule has 2 saturated heterocycles. The number of guanidine groups is 1. The Morgan fingerprint density at radius 1 is 1.17 bits per heavy atom. The Morgan fingerprint density at radius 3 is 2.63 bits per heavy atom. The molecular weight excluding hydrogens is 489 g/mol. The normalized spacial score (nSPS) is 18.4. The van der Waals surface area contributed by atoms with Crippen LogP contribution in [-0.4, -0.2) is 61.4 Å². The van der Waals surface area contributed by atoms with Gasteiger partial charge >= 0.3 is 0 Å². The maximum atomic E-state index is 11.8. The van der Waals surface area contributed by atoms with E-state index < -0.39 is 0 Å². The number of piperidine rings is 1. The summed E-state index contributed by atoms with van der Waals surface area (Å²) in [7, 11) is 1.82. The van der Waals surface area contributed by atoms with E-state index in [9.17, 15) is 4.79 Å². The molecule has 0 aromatic heterocycles. The van der Waals surface area contributed by atoms with Gasteiger partial charge in [0.05, 0.1) is 0 Å². The zero-order valence-electron chi connectivity index (χ0n) is 18.5. The molecule has 2 aliphatic heterocycles. The van der Waals surface area contributed by atoms with Gasteiger partial charge in [-0.3, -0.25) is 9.79 Å². The molecule has 1 aromatic rings. The summed E-state index contributed by atoms with van der Waals surface area (Å²) in [4.78, 5) is 20.7. The molecule has 0 aliphatic carbocycles. The van der Waals surface area contributed by atoms with Crippen molar-refractivity contribution in [1.29, 1.82) is 0 Å². The second-order valence-electron chi connectivity index (χ2n) is 8.47. The SMILES string of the molecule is CN=C(NCCCN1CCC(C)CC1)NCc1cccc(CN2CCCC2=O)c1.I. The predicted octanol–water partition coefficient (Wildman–Crippen LogP) is 3.21. The molecule has 2 heterocycles. The second-order valence-corrected chi connectivity index (χ2v) is 8.47. The molecule has 2 aliphatic rings. The standard InChI is InChI=1S/C23H37N5O.HI/c1-19-9-14-27(15-10-19)12-5-11-25-23(24-2)26-17-20-6-3-7-21(16-20)18-28-13-4-8-22(28)29;/h3,6-7,16,19H,4-5,8-15,17-18H2,1-2H3,(H2,24,25,26);1H. The molecule has 0 spiro atoms. The molecule has 0 saturated carbocycles. The highest BCUT2D eigenvalue weighted by Crippen LogP contribution is 2.16. The molecule has 30 heavy (non-hydrogen) atoms. The van der Waals surface area contributed by atoms with E-state index in [4.69, 9.17) is 0 Å². The Labute approximate surface area is 198 Å². The number of likely N-dealkylation sites (tertiary alicyclic amines) is 2. The summed E-state index contributed by atoms with van der Waals surface area (Å²) < 4.78 is 0. The highest BCUT2D eigenvalue weighted by Gasteiger charge is 2.20. The lowest BCUT2D eigenvalue weighted by molar-refractivity contribution is -0.128. The van der Waals surface area contributed by atoms with Gasteiger partial charge in [0.15, 0.2) is 5.96 Å². The molecule has 1 aromatic carbocycles. The summed E-state index contributed by atoms with van der Waals surface area (Å²) in [5.74, 6) is 2.01. The van der Waals surface area contributed by atoms with Crippen LogP contribution < -0.4 is 10.6 Å². The highest BCUT2D eigenvalue weighted by atomic mass is 127. The molecule has 0 unspecified atom stereocenters. The molecule has 1 amide bonds. The van der Waals surface area contributed by atoms with Gasteiger partial charge in [0.25, 0.3) is 0 Å². The average molecular weight is 527 g/mol. The maximum absolute atomic E-state index is 11.8. The van der Waals surface area contributed by atoms with Gasteiger partial charge in [-0.2, -0.15) is 0 Å². The number of hydrogen-bond donors (Lipinski definition) is 2. The Hall–Kier alpha value is -1.35. The number of carbonyl (C=O) groups is 1. The molecule has 6 nitrogen and oxygen atoms in total.